The molecule has 22 heavy (non-hydrogen) atoms. The van der Waals surface area contributed by atoms with E-state index in [-0.39, 0.29) is 30.1 Å². The molecule has 1 rings (SSSR count). The number of rotatable bonds is 8. The van der Waals surface area contributed by atoms with Crippen LogP contribution in [0.1, 0.15) is 26.3 Å². The van der Waals surface area contributed by atoms with Crippen LogP contribution in [0.2, 0.25) is 0 Å². The van der Waals surface area contributed by atoms with Gasteiger partial charge < -0.3 is 15.4 Å². The number of halogens is 1. The number of thioether (sulfide) groups is 1. The van der Waals surface area contributed by atoms with E-state index in [0.717, 1.165) is 30.6 Å². The molecule has 4 nitrogen and oxygen atoms in total. The van der Waals surface area contributed by atoms with Gasteiger partial charge in [0.1, 0.15) is 5.75 Å². The van der Waals surface area contributed by atoms with Gasteiger partial charge in [0, 0.05) is 18.8 Å². The molecule has 6 heteroatoms. The number of guanidine groups is 1. The van der Waals surface area contributed by atoms with Crippen LogP contribution in [0.15, 0.2) is 29.3 Å². The summed E-state index contributed by atoms with van der Waals surface area (Å²) in [4.78, 5) is 4.59. The van der Waals surface area contributed by atoms with Gasteiger partial charge in [0.2, 0.25) is 0 Å². The van der Waals surface area contributed by atoms with Gasteiger partial charge in [-0.2, -0.15) is 11.8 Å². The van der Waals surface area contributed by atoms with Crippen molar-refractivity contribution >= 4 is 41.7 Å². The van der Waals surface area contributed by atoms with Crippen molar-refractivity contribution < 1.29 is 4.74 Å². The molecule has 0 heterocycles. The molecule has 126 valence electrons. The van der Waals surface area contributed by atoms with Crippen LogP contribution in [-0.2, 0) is 6.54 Å². The lowest BCUT2D eigenvalue weighted by Gasteiger charge is -2.11. The third kappa shape index (κ3) is 9.40. The summed E-state index contributed by atoms with van der Waals surface area (Å²) in [5.41, 5.74) is 1.17. The van der Waals surface area contributed by atoms with Gasteiger partial charge in [-0.15, -0.1) is 24.0 Å². The normalized spacial score (nSPS) is 11.0. The zero-order valence-electron chi connectivity index (χ0n) is 13.9. The largest absolute Gasteiger partial charge is 0.491 e. The Balaban J connectivity index is 0.00000441. The Hall–Kier alpha value is -0.630. The van der Waals surface area contributed by atoms with E-state index in [1.165, 1.54) is 5.56 Å². The van der Waals surface area contributed by atoms with Crippen molar-refractivity contribution in [2.75, 3.05) is 25.1 Å². The van der Waals surface area contributed by atoms with Gasteiger partial charge >= 0.3 is 0 Å². The van der Waals surface area contributed by atoms with Crippen LogP contribution in [0.25, 0.3) is 0 Å². The maximum Gasteiger partial charge on any atom is 0.191 e. The van der Waals surface area contributed by atoms with E-state index in [4.69, 9.17) is 4.74 Å². The average molecular weight is 437 g/mol. The Labute approximate surface area is 155 Å². The Morgan fingerprint density at radius 3 is 2.45 bits per heavy atom. The predicted octanol–water partition coefficient (Wildman–Crippen LogP) is 3.51. The van der Waals surface area contributed by atoms with Crippen molar-refractivity contribution in [3.8, 4) is 5.75 Å². The fraction of sp³-hybridized carbons (Fsp3) is 0.562. The lowest BCUT2D eigenvalue weighted by molar-refractivity contribution is 0.242. The fourth-order valence-electron chi connectivity index (χ4n) is 1.73. The molecule has 0 atom stereocenters. The van der Waals surface area contributed by atoms with Crippen molar-refractivity contribution in [3.05, 3.63) is 29.8 Å². The van der Waals surface area contributed by atoms with Crippen LogP contribution in [0.3, 0.4) is 0 Å². The molecule has 0 aromatic heterocycles. The average Bonchev–Trinajstić information content (AvgIpc) is 2.46. The molecule has 0 unspecified atom stereocenters. The van der Waals surface area contributed by atoms with Crippen LogP contribution in [-0.4, -0.2) is 37.2 Å². The summed E-state index contributed by atoms with van der Waals surface area (Å²) < 4.78 is 5.64. The highest BCUT2D eigenvalue weighted by Gasteiger charge is 1.99. The first-order valence-electron chi connectivity index (χ1n) is 7.42. The lowest BCUT2D eigenvalue weighted by Crippen LogP contribution is -2.38. The highest BCUT2D eigenvalue weighted by atomic mass is 127. The first-order valence-corrected chi connectivity index (χ1v) is 8.81. The van der Waals surface area contributed by atoms with Gasteiger partial charge in [0.25, 0.3) is 0 Å². The molecule has 0 spiro atoms. The minimum absolute atomic E-state index is 0. The summed E-state index contributed by atoms with van der Waals surface area (Å²) in [6, 6.07) is 8.12. The van der Waals surface area contributed by atoms with Crippen molar-refractivity contribution in [2.45, 2.75) is 33.4 Å². The smallest absolute Gasteiger partial charge is 0.191 e. The number of aliphatic imine (C=N–C) groups is 1. The van der Waals surface area contributed by atoms with Crippen molar-refractivity contribution in [2.24, 2.45) is 4.99 Å². The molecule has 0 aliphatic carbocycles. The summed E-state index contributed by atoms with van der Waals surface area (Å²) >= 11 is 1.82. The molecule has 0 amide bonds. The number of nitrogens with one attached hydrogen (secondary N) is 2. The second-order valence-corrected chi connectivity index (χ2v) is 5.91. The second-order valence-electron chi connectivity index (χ2n) is 4.93. The lowest BCUT2D eigenvalue weighted by atomic mass is 10.2. The summed E-state index contributed by atoms with van der Waals surface area (Å²) in [5, 5.41) is 6.58. The molecule has 0 saturated carbocycles. The fourth-order valence-corrected chi connectivity index (χ4v) is 2.04. The minimum Gasteiger partial charge on any atom is -0.491 e. The number of hydrogen-bond acceptors (Lipinski definition) is 3. The van der Waals surface area contributed by atoms with Gasteiger partial charge in [0.15, 0.2) is 5.96 Å². The summed E-state index contributed by atoms with van der Waals surface area (Å²) in [6.45, 7) is 8.59. The second kappa shape index (κ2) is 12.9. The Morgan fingerprint density at radius 2 is 1.91 bits per heavy atom. The molecule has 0 fully saturated rings. The van der Waals surface area contributed by atoms with Gasteiger partial charge in [-0.05, 0) is 44.7 Å². The minimum atomic E-state index is 0. The van der Waals surface area contributed by atoms with Crippen LogP contribution >= 0.6 is 35.7 Å². The van der Waals surface area contributed by atoms with Gasteiger partial charge in [-0.3, -0.25) is 0 Å². The molecule has 0 aliphatic rings. The van der Waals surface area contributed by atoms with E-state index >= 15 is 0 Å². The SMILES string of the molecule is CCNC(=NCc1ccc(OC(C)C)cc1)NCCSC.I. The molecular formula is C16H28IN3OS. The monoisotopic (exact) mass is 437 g/mol. The Kier molecular flexibility index (Phi) is 12.5. The molecule has 0 radical (unpaired) electrons. The van der Waals surface area contributed by atoms with E-state index in [1.807, 2.05) is 37.7 Å². The van der Waals surface area contributed by atoms with Crippen LogP contribution < -0.4 is 15.4 Å². The maximum atomic E-state index is 5.64. The highest BCUT2D eigenvalue weighted by molar-refractivity contribution is 14.0. The molecule has 0 bridgehead atoms. The zero-order chi connectivity index (χ0) is 15.5. The van der Waals surface area contributed by atoms with E-state index in [0.29, 0.717) is 6.54 Å². The zero-order valence-corrected chi connectivity index (χ0v) is 17.0. The summed E-state index contributed by atoms with van der Waals surface area (Å²) in [6.07, 6.45) is 2.31. The molecule has 0 aliphatic heterocycles. The molecule has 1 aromatic carbocycles. The molecular weight excluding hydrogens is 409 g/mol. The van der Waals surface area contributed by atoms with Crippen LogP contribution in [0.5, 0.6) is 5.75 Å². The predicted molar refractivity (Wildman–Crippen MR) is 109 cm³/mol. The van der Waals surface area contributed by atoms with E-state index < -0.39 is 0 Å². The third-order valence-electron chi connectivity index (χ3n) is 2.66. The molecule has 1 aromatic rings. The highest BCUT2D eigenvalue weighted by Crippen LogP contribution is 2.14. The standard InChI is InChI=1S/C16H27N3OS.HI/c1-5-17-16(18-10-11-21-4)19-12-14-6-8-15(9-7-14)20-13(2)3;/h6-9,13H,5,10-12H2,1-4H3,(H2,17,18,19);1H. The van der Waals surface area contributed by atoms with Gasteiger partial charge in [-0.25, -0.2) is 4.99 Å². The third-order valence-corrected chi connectivity index (χ3v) is 3.27. The first kappa shape index (κ1) is 21.4. The first-order chi connectivity index (χ1) is 10.2. The van der Waals surface area contributed by atoms with Crippen molar-refractivity contribution in [1.29, 1.82) is 0 Å². The number of nitrogens with zero attached hydrogens (tertiary/aromatic N) is 1. The van der Waals surface area contributed by atoms with Crippen LogP contribution in [0, 0.1) is 0 Å². The summed E-state index contributed by atoms with van der Waals surface area (Å²) in [5.74, 6) is 2.85. The van der Waals surface area contributed by atoms with Crippen LogP contribution in [0.4, 0.5) is 0 Å². The summed E-state index contributed by atoms with van der Waals surface area (Å²) in [7, 11) is 0. The molecule has 2 N–H and O–H groups in total. The maximum absolute atomic E-state index is 5.64. The van der Waals surface area contributed by atoms with E-state index in [2.05, 4.69) is 40.9 Å². The van der Waals surface area contributed by atoms with Gasteiger partial charge in [-0.1, -0.05) is 12.1 Å². The molecule has 0 saturated heterocycles. The Bertz CT molecular complexity index is 424. The number of benzene rings is 1. The van der Waals surface area contributed by atoms with E-state index in [9.17, 15) is 0 Å². The topological polar surface area (TPSA) is 45.7 Å². The number of hydrogen-bond donors (Lipinski definition) is 2. The number of ether oxygens (including phenoxy) is 1. The quantitative estimate of drug-likeness (QED) is 0.283. The Morgan fingerprint density at radius 1 is 1.23 bits per heavy atom. The van der Waals surface area contributed by atoms with Crippen molar-refractivity contribution in [3.63, 3.8) is 0 Å². The van der Waals surface area contributed by atoms with Crippen molar-refractivity contribution in [1.82, 2.24) is 10.6 Å². The van der Waals surface area contributed by atoms with E-state index in [1.54, 1.807) is 0 Å². The van der Waals surface area contributed by atoms with Gasteiger partial charge in [0.05, 0.1) is 12.6 Å².